The molecule has 90 valence electrons. The van der Waals surface area contributed by atoms with Crippen LogP contribution in [0.25, 0.3) is 0 Å². The lowest BCUT2D eigenvalue weighted by Crippen LogP contribution is -2.52. The van der Waals surface area contributed by atoms with Crippen LogP contribution < -0.4 is 5.32 Å². The van der Waals surface area contributed by atoms with Crippen LogP contribution in [0.3, 0.4) is 0 Å². The van der Waals surface area contributed by atoms with Gasteiger partial charge in [0.2, 0.25) is 5.91 Å². The number of nitrogens with one attached hydrogen (secondary N) is 1. The molecule has 2 N–H and O–H groups in total. The number of rotatable bonds is 2. The molecule has 6 heteroatoms. The third-order valence-corrected chi connectivity index (χ3v) is 2.63. The van der Waals surface area contributed by atoms with Crippen molar-refractivity contribution in [2.45, 2.75) is 6.42 Å². The minimum absolute atomic E-state index is 0.133. The van der Waals surface area contributed by atoms with Crippen molar-refractivity contribution in [3.05, 3.63) is 35.0 Å². The molecule has 0 saturated carbocycles. The summed E-state index contributed by atoms with van der Waals surface area (Å²) in [5.41, 5.74) is 0.825. The van der Waals surface area contributed by atoms with E-state index >= 15 is 0 Å². The molecule has 2 rings (SSSR count). The fourth-order valence-electron chi connectivity index (χ4n) is 1.71. The van der Waals surface area contributed by atoms with Gasteiger partial charge in [0.25, 0.3) is 0 Å². The highest BCUT2D eigenvalue weighted by Crippen LogP contribution is 2.16. The molecule has 17 heavy (non-hydrogen) atoms. The van der Waals surface area contributed by atoms with Crippen molar-refractivity contribution < 1.29 is 14.7 Å². The summed E-state index contributed by atoms with van der Waals surface area (Å²) in [5.74, 6) is -0.840. The van der Waals surface area contributed by atoms with Crippen molar-refractivity contribution in [2.75, 3.05) is 6.54 Å². The maximum absolute atomic E-state index is 11.5. The van der Waals surface area contributed by atoms with E-state index in [1.165, 1.54) is 12.1 Å². The molecule has 1 heterocycles. The van der Waals surface area contributed by atoms with E-state index in [0.29, 0.717) is 6.42 Å². The van der Waals surface area contributed by atoms with Gasteiger partial charge in [-0.05, 0) is 24.1 Å². The van der Waals surface area contributed by atoms with Crippen molar-refractivity contribution in [1.82, 2.24) is 10.4 Å². The van der Waals surface area contributed by atoms with Crippen molar-refractivity contribution in [2.24, 2.45) is 5.92 Å². The number of carbonyl (C=O) groups is 2. The SMILES string of the molecule is O=C1NC(=O)N([O-])CC1Cc1ccc(O)cc1. The number of benzene rings is 1. The van der Waals surface area contributed by atoms with Gasteiger partial charge in [0.1, 0.15) is 5.75 Å². The first kappa shape index (κ1) is 11.4. The smallest absolute Gasteiger partial charge is 0.313 e. The van der Waals surface area contributed by atoms with Crippen LogP contribution >= 0.6 is 0 Å². The monoisotopic (exact) mass is 235 g/mol. The molecule has 0 aromatic heterocycles. The Balaban J connectivity index is 2.06. The molecule has 1 aliphatic heterocycles. The van der Waals surface area contributed by atoms with E-state index in [0.717, 1.165) is 5.56 Å². The Bertz CT molecular complexity index is 443. The van der Waals surface area contributed by atoms with Crippen LogP contribution in [0.4, 0.5) is 4.79 Å². The van der Waals surface area contributed by atoms with Crippen LogP contribution in [-0.4, -0.2) is 28.7 Å². The molecule has 0 aliphatic carbocycles. The number of aromatic hydroxyl groups is 1. The summed E-state index contributed by atoms with van der Waals surface area (Å²) in [6, 6.07) is 5.46. The molecule has 0 spiro atoms. The first-order valence-electron chi connectivity index (χ1n) is 5.13. The molecule has 1 aromatic carbocycles. The number of nitrogens with zero attached hydrogens (tertiary/aromatic N) is 1. The normalized spacial score (nSPS) is 20.3. The first-order chi connectivity index (χ1) is 8.06. The second kappa shape index (κ2) is 4.42. The number of hydrogen-bond donors (Lipinski definition) is 2. The number of urea groups is 1. The summed E-state index contributed by atoms with van der Waals surface area (Å²) in [6.45, 7) is -0.133. The van der Waals surface area contributed by atoms with Crippen LogP contribution in [0.15, 0.2) is 24.3 Å². The van der Waals surface area contributed by atoms with Crippen LogP contribution in [0.1, 0.15) is 5.56 Å². The standard InChI is InChI=1S/C11H11N2O4/c14-9-3-1-7(2-4-9)5-8-6-13(17)11(16)12-10(8)15/h1-4,8,14H,5-6H2,(H,12,15,16)/q-1. The average molecular weight is 235 g/mol. The zero-order valence-corrected chi connectivity index (χ0v) is 8.92. The zero-order valence-electron chi connectivity index (χ0n) is 8.92. The predicted octanol–water partition coefficient (Wildman–Crippen LogP) is 0.600. The van der Waals surface area contributed by atoms with Gasteiger partial charge in [0, 0.05) is 6.54 Å². The minimum atomic E-state index is -0.906. The second-order valence-electron chi connectivity index (χ2n) is 3.92. The highest BCUT2D eigenvalue weighted by molar-refractivity contribution is 5.98. The van der Waals surface area contributed by atoms with Gasteiger partial charge in [0.05, 0.1) is 5.92 Å². The Labute approximate surface area is 97.4 Å². The lowest BCUT2D eigenvalue weighted by atomic mass is 9.97. The third kappa shape index (κ3) is 2.54. The van der Waals surface area contributed by atoms with E-state index in [9.17, 15) is 14.8 Å². The van der Waals surface area contributed by atoms with Crippen molar-refractivity contribution in [3.8, 4) is 5.75 Å². The topological polar surface area (TPSA) is 92.7 Å². The van der Waals surface area contributed by atoms with Gasteiger partial charge in [-0.3, -0.25) is 10.1 Å². The summed E-state index contributed by atoms with van der Waals surface area (Å²) in [4.78, 5) is 22.4. The van der Waals surface area contributed by atoms with Gasteiger partial charge in [-0.15, -0.1) is 0 Å². The maximum atomic E-state index is 11.5. The van der Waals surface area contributed by atoms with E-state index < -0.39 is 17.9 Å². The van der Waals surface area contributed by atoms with Gasteiger partial charge in [-0.1, -0.05) is 12.1 Å². The molecule has 0 bridgehead atoms. The number of amides is 3. The van der Waals surface area contributed by atoms with E-state index in [1.807, 2.05) is 5.32 Å². The molecular formula is C11H11N2O4-. The molecule has 1 aliphatic rings. The molecular weight excluding hydrogens is 224 g/mol. The summed E-state index contributed by atoms with van der Waals surface area (Å²) in [7, 11) is 0. The number of imide groups is 1. The van der Waals surface area contributed by atoms with E-state index in [1.54, 1.807) is 12.1 Å². The molecule has 1 fully saturated rings. The van der Waals surface area contributed by atoms with E-state index in [-0.39, 0.29) is 17.4 Å². The molecule has 1 unspecified atom stereocenters. The average Bonchev–Trinajstić information content (AvgIpc) is 2.29. The quantitative estimate of drug-likeness (QED) is 0.785. The molecule has 6 nitrogen and oxygen atoms in total. The maximum Gasteiger partial charge on any atom is 0.313 e. The Morgan fingerprint density at radius 1 is 1.35 bits per heavy atom. The third-order valence-electron chi connectivity index (χ3n) is 2.63. The Morgan fingerprint density at radius 2 is 2.00 bits per heavy atom. The number of phenols is 1. The Kier molecular flexibility index (Phi) is 2.97. The summed E-state index contributed by atoms with van der Waals surface area (Å²) < 4.78 is 0. The number of hydrogen-bond acceptors (Lipinski definition) is 4. The van der Waals surface area contributed by atoms with Gasteiger partial charge in [0.15, 0.2) is 0 Å². The minimum Gasteiger partial charge on any atom is -0.755 e. The van der Waals surface area contributed by atoms with Crippen molar-refractivity contribution >= 4 is 11.9 Å². The summed E-state index contributed by atoms with van der Waals surface area (Å²) >= 11 is 0. The molecule has 1 saturated heterocycles. The molecule has 0 radical (unpaired) electrons. The highest BCUT2D eigenvalue weighted by Gasteiger charge is 2.27. The number of hydroxylamine groups is 2. The summed E-state index contributed by atoms with van der Waals surface area (Å²) in [6.07, 6.45) is 0.359. The van der Waals surface area contributed by atoms with Gasteiger partial charge >= 0.3 is 6.03 Å². The van der Waals surface area contributed by atoms with E-state index in [2.05, 4.69) is 0 Å². The van der Waals surface area contributed by atoms with Crippen molar-refractivity contribution in [1.29, 1.82) is 0 Å². The van der Waals surface area contributed by atoms with Crippen LogP contribution in [0, 0.1) is 11.1 Å². The van der Waals surface area contributed by atoms with Gasteiger partial charge in [-0.2, -0.15) is 0 Å². The largest absolute Gasteiger partial charge is 0.755 e. The molecule has 1 atom stereocenters. The van der Waals surface area contributed by atoms with Crippen molar-refractivity contribution in [3.63, 3.8) is 0 Å². The lowest BCUT2D eigenvalue weighted by Gasteiger charge is -2.36. The van der Waals surface area contributed by atoms with Gasteiger partial charge < -0.3 is 15.4 Å². The Hall–Kier alpha value is -2.08. The molecule has 3 amide bonds. The number of phenolic OH excluding ortho intramolecular Hbond substituents is 1. The first-order valence-corrected chi connectivity index (χ1v) is 5.13. The zero-order chi connectivity index (χ0) is 12.4. The lowest BCUT2D eigenvalue weighted by molar-refractivity contribution is -0.125. The molecule has 1 aromatic rings. The Morgan fingerprint density at radius 3 is 2.65 bits per heavy atom. The second-order valence-corrected chi connectivity index (χ2v) is 3.92. The predicted molar refractivity (Wildman–Crippen MR) is 58.9 cm³/mol. The highest BCUT2D eigenvalue weighted by atomic mass is 16.5. The fraction of sp³-hybridized carbons (Fsp3) is 0.273. The van der Waals surface area contributed by atoms with Crippen LogP contribution in [-0.2, 0) is 11.2 Å². The van der Waals surface area contributed by atoms with Gasteiger partial charge in [-0.25, -0.2) is 4.79 Å². The van der Waals surface area contributed by atoms with Crippen LogP contribution in [0.2, 0.25) is 0 Å². The summed E-state index contributed by atoms with van der Waals surface area (Å²) in [5, 5.41) is 22.5. The van der Waals surface area contributed by atoms with E-state index in [4.69, 9.17) is 5.11 Å². The number of carbonyl (C=O) groups excluding carboxylic acids is 2. The fourth-order valence-corrected chi connectivity index (χ4v) is 1.71. The van der Waals surface area contributed by atoms with Crippen LogP contribution in [0.5, 0.6) is 5.75 Å².